The van der Waals surface area contributed by atoms with Crippen LogP contribution in [0.5, 0.6) is 0 Å². The van der Waals surface area contributed by atoms with Gasteiger partial charge in [-0.15, -0.1) is 0 Å². The van der Waals surface area contributed by atoms with Crippen LogP contribution in [0.1, 0.15) is 13.8 Å². The van der Waals surface area contributed by atoms with E-state index in [-0.39, 0.29) is 11.7 Å². The summed E-state index contributed by atoms with van der Waals surface area (Å²) in [5.41, 5.74) is -0.902. The zero-order valence-electron chi connectivity index (χ0n) is 8.82. The number of pyridine rings is 1. The fourth-order valence-corrected chi connectivity index (χ4v) is 1.63. The van der Waals surface area contributed by atoms with Crippen molar-refractivity contribution in [2.24, 2.45) is 0 Å². The van der Waals surface area contributed by atoms with Crippen molar-refractivity contribution in [3.8, 4) is 0 Å². The Balaban J connectivity index is 2.43. The molecule has 1 fully saturated rings. The lowest BCUT2D eigenvalue weighted by molar-refractivity contribution is -0.121. The topological polar surface area (TPSA) is 62.3 Å². The fraction of sp³-hybridized carbons (Fsp3) is 0.300. The zero-order valence-corrected chi connectivity index (χ0v) is 9.58. The van der Waals surface area contributed by atoms with Gasteiger partial charge in [0.2, 0.25) is 0 Å². The molecular formula is C10H10ClN3O2. The Bertz CT molecular complexity index is 473. The smallest absolute Gasteiger partial charge is 0.323 e. The molecule has 1 aromatic rings. The highest BCUT2D eigenvalue weighted by atomic mass is 35.5. The predicted molar refractivity (Wildman–Crippen MR) is 59.3 cm³/mol. The van der Waals surface area contributed by atoms with Gasteiger partial charge < -0.3 is 5.32 Å². The molecule has 6 heteroatoms. The Hall–Kier alpha value is -1.62. The second-order valence-corrected chi connectivity index (χ2v) is 4.46. The van der Waals surface area contributed by atoms with Gasteiger partial charge in [0.05, 0.1) is 0 Å². The van der Waals surface area contributed by atoms with Gasteiger partial charge in [0.15, 0.2) is 0 Å². The minimum Gasteiger partial charge on any atom is -0.323 e. The first-order valence-corrected chi connectivity index (χ1v) is 5.08. The van der Waals surface area contributed by atoms with E-state index in [1.54, 1.807) is 19.9 Å². The molecule has 0 aliphatic carbocycles. The zero-order chi connectivity index (χ0) is 11.9. The average molecular weight is 240 g/mol. The molecule has 0 radical (unpaired) electrons. The number of imide groups is 1. The molecule has 1 aliphatic heterocycles. The minimum atomic E-state index is -0.902. The Kier molecular flexibility index (Phi) is 2.35. The molecule has 1 aliphatic rings. The SMILES string of the molecule is CC1(C)NC(=O)N(c2cc(Cl)ccn2)C1=O. The van der Waals surface area contributed by atoms with Crippen LogP contribution in [-0.2, 0) is 4.79 Å². The van der Waals surface area contributed by atoms with Crippen molar-refractivity contribution >= 4 is 29.4 Å². The maximum atomic E-state index is 11.9. The number of nitrogens with one attached hydrogen (secondary N) is 1. The van der Waals surface area contributed by atoms with Gasteiger partial charge in [-0.1, -0.05) is 11.6 Å². The van der Waals surface area contributed by atoms with Crippen molar-refractivity contribution in [3.05, 3.63) is 23.4 Å². The van der Waals surface area contributed by atoms with Gasteiger partial charge in [-0.25, -0.2) is 14.7 Å². The second-order valence-electron chi connectivity index (χ2n) is 4.03. The predicted octanol–water partition coefficient (Wildman–Crippen LogP) is 1.57. The number of hydrogen-bond donors (Lipinski definition) is 1. The van der Waals surface area contributed by atoms with Crippen LogP contribution < -0.4 is 10.2 Å². The standard InChI is InChI=1S/C10H10ClN3O2/c1-10(2)8(15)14(9(16)13-10)7-5-6(11)3-4-12-7/h3-5H,1-2H3,(H,13,16). The van der Waals surface area contributed by atoms with E-state index in [4.69, 9.17) is 11.6 Å². The van der Waals surface area contributed by atoms with Gasteiger partial charge in [0.1, 0.15) is 11.4 Å². The summed E-state index contributed by atoms with van der Waals surface area (Å²) in [6.45, 7) is 3.27. The van der Waals surface area contributed by atoms with Gasteiger partial charge in [-0.2, -0.15) is 0 Å². The monoisotopic (exact) mass is 239 g/mol. The van der Waals surface area contributed by atoms with E-state index < -0.39 is 11.6 Å². The summed E-state index contributed by atoms with van der Waals surface area (Å²) in [6, 6.07) is 2.57. The van der Waals surface area contributed by atoms with Crippen molar-refractivity contribution in [1.82, 2.24) is 10.3 Å². The number of carbonyl (C=O) groups is 2. The molecule has 0 saturated carbocycles. The van der Waals surface area contributed by atoms with Gasteiger partial charge in [0.25, 0.3) is 5.91 Å². The van der Waals surface area contributed by atoms with Gasteiger partial charge in [-0.3, -0.25) is 4.79 Å². The molecule has 1 N–H and O–H groups in total. The third-order valence-corrected chi connectivity index (χ3v) is 2.53. The first-order chi connectivity index (χ1) is 7.42. The molecule has 2 heterocycles. The van der Waals surface area contributed by atoms with Crippen molar-refractivity contribution in [1.29, 1.82) is 0 Å². The summed E-state index contributed by atoms with van der Waals surface area (Å²) in [7, 11) is 0. The van der Waals surface area contributed by atoms with Crippen LogP contribution in [0, 0.1) is 0 Å². The number of nitrogens with zero attached hydrogens (tertiary/aromatic N) is 2. The van der Waals surface area contributed by atoms with Gasteiger partial charge in [0, 0.05) is 17.3 Å². The number of hydrogen-bond acceptors (Lipinski definition) is 3. The van der Waals surface area contributed by atoms with Crippen LogP contribution >= 0.6 is 11.6 Å². The lowest BCUT2D eigenvalue weighted by Gasteiger charge is -2.15. The first kappa shape index (κ1) is 10.9. The minimum absolute atomic E-state index is 0.237. The Morgan fingerprint density at radius 1 is 1.44 bits per heavy atom. The van der Waals surface area contributed by atoms with Crippen LogP contribution in [0.4, 0.5) is 10.6 Å². The van der Waals surface area contributed by atoms with Gasteiger partial charge >= 0.3 is 6.03 Å². The Morgan fingerprint density at radius 3 is 2.62 bits per heavy atom. The molecule has 5 nitrogen and oxygen atoms in total. The maximum Gasteiger partial charge on any atom is 0.330 e. The fourth-order valence-electron chi connectivity index (χ4n) is 1.47. The summed E-state index contributed by atoms with van der Waals surface area (Å²) < 4.78 is 0. The van der Waals surface area contributed by atoms with E-state index in [0.29, 0.717) is 5.02 Å². The highest BCUT2D eigenvalue weighted by molar-refractivity contribution is 6.31. The third kappa shape index (κ3) is 1.63. The Labute approximate surface area is 97.4 Å². The molecule has 84 valence electrons. The lowest BCUT2D eigenvalue weighted by Crippen LogP contribution is -2.40. The van der Waals surface area contributed by atoms with Crippen LogP contribution in [0.3, 0.4) is 0 Å². The van der Waals surface area contributed by atoms with Crippen LogP contribution in [0.15, 0.2) is 18.3 Å². The Morgan fingerprint density at radius 2 is 2.12 bits per heavy atom. The molecule has 2 rings (SSSR count). The van der Waals surface area contributed by atoms with Crippen molar-refractivity contribution in [2.75, 3.05) is 4.90 Å². The van der Waals surface area contributed by atoms with E-state index >= 15 is 0 Å². The molecule has 16 heavy (non-hydrogen) atoms. The number of halogens is 1. The summed E-state index contributed by atoms with van der Waals surface area (Å²) in [6.07, 6.45) is 1.45. The number of aromatic nitrogens is 1. The number of rotatable bonds is 1. The summed E-state index contributed by atoms with van der Waals surface area (Å²) in [5.74, 6) is -0.104. The van der Waals surface area contributed by atoms with Crippen molar-refractivity contribution < 1.29 is 9.59 Å². The molecule has 0 spiro atoms. The number of carbonyl (C=O) groups excluding carboxylic acids is 2. The van der Waals surface area contributed by atoms with E-state index in [9.17, 15) is 9.59 Å². The molecule has 1 aromatic heterocycles. The molecule has 3 amide bonds. The number of urea groups is 1. The van der Waals surface area contributed by atoms with Crippen LogP contribution in [-0.4, -0.2) is 22.5 Å². The summed E-state index contributed by atoms with van der Waals surface area (Å²) in [5, 5.41) is 2.99. The van der Waals surface area contributed by atoms with Crippen LogP contribution in [0.25, 0.3) is 0 Å². The highest BCUT2D eigenvalue weighted by Gasteiger charge is 2.45. The lowest BCUT2D eigenvalue weighted by atomic mass is 10.1. The molecule has 0 unspecified atom stereocenters. The normalized spacial score (nSPS) is 18.8. The summed E-state index contributed by atoms with van der Waals surface area (Å²) in [4.78, 5) is 28.5. The molecule has 0 atom stereocenters. The van der Waals surface area contributed by atoms with E-state index in [1.807, 2.05) is 0 Å². The van der Waals surface area contributed by atoms with E-state index in [1.165, 1.54) is 12.3 Å². The number of anilines is 1. The van der Waals surface area contributed by atoms with E-state index in [0.717, 1.165) is 4.90 Å². The quantitative estimate of drug-likeness (QED) is 0.757. The summed E-state index contributed by atoms with van der Waals surface area (Å²) >= 11 is 5.78. The largest absolute Gasteiger partial charge is 0.330 e. The molecular weight excluding hydrogens is 230 g/mol. The number of amides is 3. The first-order valence-electron chi connectivity index (χ1n) is 4.70. The second kappa shape index (κ2) is 3.45. The van der Waals surface area contributed by atoms with Crippen molar-refractivity contribution in [2.45, 2.75) is 19.4 Å². The van der Waals surface area contributed by atoms with Crippen molar-refractivity contribution in [3.63, 3.8) is 0 Å². The molecule has 1 saturated heterocycles. The van der Waals surface area contributed by atoms with Crippen LogP contribution in [0.2, 0.25) is 5.02 Å². The molecule has 0 bridgehead atoms. The highest BCUT2D eigenvalue weighted by Crippen LogP contribution is 2.24. The maximum absolute atomic E-state index is 11.9. The van der Waals surface area contributed by atoms with Gasteiger partial charge in [-0.05, 0) is 19.9 Å². The third-order valence-electron chi connectivity index (χ3n) is 2.30. The molecule has 0 aromatic carbocycles. The average Bonchev–Trinajstić information content (AvgIpc) is 2.36. The van der Waals surface area contributed by atoms with E-state index in [2.05, 4.69) is 10.3 Å².